The molecule has 1 amide bonds. The van der Waals surface area contributed by atoms with Crippen LogP contribution in [0.5, 0.6) is 5.75 Å². The van der Waals surface area contributed by atoms with E-state index < -0.39 is 0 Å². The van der Waals surface area contributed by atoms with E-state index in [2.05, 4.69) is 10.1 Å². The molecule has 1 aliphatic rings. The molecule has 1 aliphatic heterocycles. The maximum atomic E-state index is 12.9. The van der Waals surface area contributed by atoms with Gasteiger partial charge in [-0.3, -0.25) is 4.79 Å². The Kier molecular flexibility index (Phi) is 4.86. The number of furan rings is 1. The zero-order valence-electron chi connectivity index (χ0n) is 14.5. The van der Waals surface area contributed by atoms with E-state index in [1.54, 1.807) is 29.2 Å². The van der Waals surface area contributed by atoms with E-state index in [1.165, 1.54) is 18.4 Å². The second-order valence-electron chi connectivity index (χ2n) is 6.24. The number of carbonyl (C=O) groups excluding carboxylic acids is 1. The van der Waals surface area contributed by atoms with Crippen LogP contribution in [0.25, 0.3) is 0 Å². The van der Waals surface area contributed by atoms with Gasteiger partial charge in [0, 0.05) is 13.0 Å². The highest BCUT2D eigenvalue weighted by molar-refractivity contribution is 5.91. The molecule has 3 heterocycles. The van der Waals surface area contributed by atoms with Gasteiger partial charge in [0.25, 0.3) is 5.91 Å². The van der Waals surface area contributed by atoms with Crippen molar-refractivity contribution in [3.63, 3.8) is 0 Å². The van der Waals surface area contributed by atoms with Gasteiger partial charge in [-0.05, 0) is 49.2 Å². The predicted molar refractivity (Wildman–Crippen MR) is 91.6 cm³/mol. The van der Waals surface area contributed by atoms with E-state index in [9.17, 15) is 9.18 Å². The van der Waals surface area contributed by atoms with Crippen LogP contribution in [0.2, 0.25) is 0 Å². The summed E-state index contributed by atoms with van der Waals surface area (Å²) in [5, 5.41) is 3.98. The minimum absolute atomic E-state index is 0.179. The Morgan fingerprint density at radius 3 is 2.93 bits per heavy atom. The molecule has 27 heavy (non-hydrogen) atoms. The number of hydrogen-bond acceptors (Lipinski definition) is 6. The van der Waals surface area contributed by atoms with Gasteiger partial charge in [-0.1, -0.05) is 5.16 Å². The second-order valence-corrected chi connectivity index (χ2v) is 6.24. The molecule has 7 nitrogen and oxygen atoms in total. The van der Waals surface area contributed by atoms with Gasteiger partial charge in [-0.2, -0.15) is 4.98 Å². The molecule has 0 spiro atoms. The summed E-state index contributed by atoms with van der Waals surface area (Å²) >= 11 is 0. The molecule has 0 N–H and O–H groups in total. The normalized spacial score (nSPS) is 16.6. The third kappa shape index (κ3) is 3.84. The Hall–Kier alpha value is -3.16. The molecule has 3 aromatic rings. The largest absolute Gasteiger partial charge is 0.493 e. The maximum Gasteiger partial charge on any atom is 0.290 e. The molecule has 140 valence electrons. The smallest absolute Gasteiger partial charge is 0.290 e. The first-order chi connectivity index (χ1) is 13.2. The van der Waals surface area contributed by atoms with E-state index in [1.807, 2.05) is 0 Å². The van der Waals surface area contributed by atoms with Gasteiger partial charge in [-0.25, -0.2) is 4.39 Å². The summed E-state index contributed by atoms with van der Waals surface area (Å²) in [6, 6.07) is 8.88. The highest BCUT2D eigenvalue weighted by Gasteiger charge is 2.35. The molecule has 0 aliphatic carbocycles. The Labute approximate surface area is 154 Å². The topological polar surface area (TPSA) is 81.6 Å². The Morgan fingerprint density at radius 1 is 1.30 bits per heavy atom. The number of benzene rings is 1. The monoisotopic (exact) mass is 371 g/mol. The SMILES string of the molecule is O=C(c1ccco1)N1CCCC1c1nc(CCOc2ccc(F)cc2)no1. The number of aromatic nitrogens is 2. The zero-order valence-corrected chi connectivity index (χ0v) is 14.5. The Bertz CT molecular complexity index is 892. The number of ether oxygens (including phenoxy) is 1. The van der Waals surface area contributed by atoms with Crippen LogP contribution < -0.4 is 4.74 Å². The summed E-state index contributed by atoms with van der Waals surface area (Å²) in [5.41, 5.74) is 0. The number of likely N-dealkylation sites (tertiary alicyclic amines) is 1. The highest BCUT2D eigenvalue weighted by Crippen LogP contribution is 2.32. The zero-order chi connectivity index (χ0) is 18.6. The first-order valence-corrected chi connectivity index (χ1v) is 8.76. The quantitative estimate of drug-likeness (QED) is 0.661. The average Bonchev–Trinajstić information content (AvgIpc) is 3.43. The van der Waals surface area contributed by atoms with Crippen LogP contribution in [0, 0.1) is 5.82 Å². The van der Waals surface area contributed by atoms with E-state index in [0.717, 1.165) is 12.8 Å². The minimum Gasteiger partial charge on any atom is -0.493 e. The molecule has 1 fully saturated rings. The van der Waals surface area contributed by atoms with E-state index >= 15 is 0 Å². The van der Waals surface area contributed by atoms with Crippen LogP contribution in [0.1, 0.15) is 41.2 Å². The summed E-state index contributed by atoms with van der Waals surface area (Å²) in [6.45, 7) is 0.958. The van der Waals surface area contributed by atoms with Gasteiger partial charge in [0.1, 0.15) is 17.6 Å². The minimum atomic E-state index is -0.310. The van der Waals surface area contributed by atoms with Crippen molar-refractivity contribution >= 4 is 5.91 Å². The first-order valence-electron chi connectivity index (χ1n) is 8.76. The van der Waals surface area contributed by atoms with Crippen molar-refractivity contribution in [2.45, 2.75) is 25.3 Å². The molecular weight excluding hydrogens is 353 g/mol. The molecule has 0 saturated carbocycles. The van der Waals surface area contributed by atoms with Crippen molar-refractivity contribution < 1.29 is 22.9 Å². The summed E-state index contributed by atoms with van der Waals surface area (Å²) in [7, 11) is 0. The van der Waals surface area contributed by atoms with Crippen molar-refractivity contribution in [3.8, 4) is 5.75 Å². The Balaban J connectivity index is 1.36. The standard InChI is InChI=1S/C19H18FN3O4/c20-13-5-7-14(8-6-13)25-12-9-17-21-18(27-22-17)15-3-1-10-23(15)19(24)16-4-2-11-26-16/h2,4-8,11,15H,1,3,9-10,12H2. The number of carbonyl (C=O) groups is 1. The molecule has 1 atom stereocenters. The number of nitrogens with zero attached hydrogens (tertiary/aromatic N) is 3. The lowest BCUT2D eigenvalue weighted by Crippen LogP contribution is -2.30. The molecule has 0 bridgehead atoms. The molecule has 1 saturated heterocycles. The van der Waals surface area contributed by atoms with Gasteiger partial charge in [0.15, 0.2) is 11.6 Å². The number of amides is 1. The number of halogens is 1. The second kappa shape index (κ2) is 7.61. The van der Waals surface area contributed by atoms with Crippen molar-refractivity contribution in [2.75, 3.05) is 13.2 Å². The predicted octanol–water partition coefficient (Wildman–Crippen LogP) is 3.40. The van der Waals surface area contributed by atoms with Crippen LogP contribution in [0.15, 0.2) is 51.6 Å². The van der Waals surface area contributed by atoms with Crippen LogP contribution in [-0.2, 0) is 6.42 Å². The lowest BCUT2D eigenvalue weighted by atomic mass is 10.2. The first kappa shape index (κ1) is 17.3. The summed E-state index contributed by atoms with van der Waals surface area (Å²) in [6.07, 6.45) is 3.55. The third-order valence-corrected chi connectivity index (χ3v) is 4.42. The molecule has 8 heteroatoms. The molecule has 0 radical (unpaired) electrons. The van der Waals surface area contributed by atoms with Crippen LogP contribution in [-0.4, -0.2) is 34.1 Å². The number of rotatable bonds is 6. The van der Waals surface area contributed by atoms with Crippen LogP contribution in [0.4, 0.5) is 4.39 Å². The van der Waals surface area contributed by atoms with Crippen LogP contribution in [0.3, 0.4) is 0 Å². The van der Waals surface area contributed by atoms with Crippen molar-refractivity contribution in [2.24, 2.45) is 0 Å². The summed E-state index contributed by atoms with van der Waals surface area (Å²) in [4.78, 5) is 18.7. The van der Waals surface area contributed by atoms with E-state index in [-0.39, 0.29) is 17.8 Å². The van der Waals surface area contributed by atoms with E-state index in [4.69, 9.17) is 13.7 Å². The van der Waals surface area contributed by atoms with Crippen molar-refractivity contribution in [3.05, 3.63) is 66.0 Å². The van der Waals surface area contributed by atoms with E-state index in [0.29, 0.717) is 42.8 Å². The van der Waals surface area contributed by atoms with Gasteiger partial charge in [0.2, 0.25) is 5.89 Å². The summed E-state index contributed by atoms with van der Waals surface area (Å²) in [5.74, 6) is 1.31. The fourth-order valence-electron chi connectivity index (χ4n) is 3.10. The maximum absolute atomic E-state index is 12.9. The molecule has 1 aromatic carbocycles. The Morgan fingerprint density at radius 2 is 2.15 bits per heavy atom. The fraction of sp³-hybridized carbons (Fsp3) is 0.316. The molecular formula is C19H18FN3O4. The van der Waals surface area contributed by atoms with Gasteiger partial charge in [-0.15, -0.1) is 0 Å². The fourth-order valence-corrected chi connectivity index (χ4v) is 3.10. The lowest BCUT2D eigenvalue weighted by molar-refractivity contribution is 0.0678. The molecule has 4 rings (SSSR count). The third-order valence-electron chi connectivity index (χ3n) is 4.42. The number of hydrogen-bond donors (Lipinski definition) is 0. The molecule has 1 unspecified atom stereocenters. The van der Waals surface area contributed by atoms with Gasteiger partial charge < -0.3 is 18.6 Å². The van der Waals surface area contributed by atoms with Crippen molar-refractivity contribution in [1.82, 2.24) is 15.0 Å². The average molecular weight is 371 g/mol. The van der Waals surface area contributed by atoms with Crippen LogP contribution >= 0.6 is 0 Å². The van der Waals surface area contributed by atoms with Gasteiger partial charge in [0.05, 0.1) is 12.9 Å². The van der Waals surface area contributed by atoms with Gasteiger partial charge >= 0.3 is 0 Å². The summed E-state index contributed by atoms with van der Waals surface area (Å²) < 4.78 is 29.0. The lowest BCUT2D eigenvalue weighted by Gasteiger charge is -2.20. The van der Waals surface area contributed by atoms with Crippen molar-refractivity contribution in [1.29, 1.82) is 0 Å². The molecule has 2 aromatic heterocycles. The highest BCUT2D eigenvalue weighted by atomic mass is 19.1.